The third-order valence-electron chi connectivity index (χ3n) is 3.04. The van der Waals surface area contributed by atoms with Crippen molar-refractivity contribution in [1.29, 1.82) is 0 Å². The summed E-state index contributed by atoms with van der Waals surface area (Å²) in [7, 11) is 0. The highest BCUT2D eigenvalue weighted by Gasteiger charge is 2.13. The minimum atomic E-state index is -0.470. The largest absolute Gasteiger partial charge is 0.398 e. The van der Waals surface area contributed by atoms with E-state index in [0.29, 0.717) is 21.8 Å². The number of hydrogen-bond acceptors (Lipinski definition) is 2. The van der Waals surface area contributed by atoms with Crippen molar-refractivity contribution in [1.82, 2.24) is 0 Å². The monoisotopic (exact) mass is 277 g/mol. The van der Waals surface area contributed by atoms with Crippen molar-refractivity contribution >= 4 is 23.1 Å². The molecule has 0 aliphatic rings. The van der Waals surface area contributed by atoms with Gasteiger partial charge in [0, 0.05) is 22.7 Å². The van der Waals surface area contributed by atoms with Crippen LogP contribution in [0.25, 0.3) is 0 Å². The van der Waals surface area contributed by atoms with Crippen LogP contribution in [0.1, 0.15) is 21.5 Å². The number of rotatable bonds is 3. The van der Waals surface area contributed by atoms with Crippen LogP contribution in [0.3, 0.4) is 0 Å². The molecule has 0 aliphatic heterocycles. The van der Waals surface area contributed by atoms with Crippen LogP contribution in [-0.2, 0) is 6.42 Å². The van der Waals surface area contributed by atoms with E-state index in [9.17, 15) is 9.18 Å². The highest BCUT2D eigenvalue weighted by atomic mass is 35.5. The number of Topliss-reactive ketones (excluding diaryl/α,β-unsaturated/α-hetero) is 1. The van der Waals surface area contributed by atoms with Gasteiger partial charge in [-0.05, 0) is 36.2 Å². The maximum absolute atomic E-state index is 13.6. The van der Waals surface area contributed by atoms with Gasteiger partial charge in [0.15, 0.2) is 5.78 Å². The number of halogens is 2. The number of hydrogen-bond donors (Lipinski definition) is 1. The molecule has 2 nitrogen and oxygen atoms in total. The smallest absolute Gasteiger partial charge is 0.167 e. The van der Waals surface area contributed by atoms with Gasteiger partial charge in [-0.15, -0.1) is 0 Å². The normalized spacial score (nSPS) is 10.5. The highest BCUT2D eigenvalue weighted by molar-refractivity contribution is 6.30. The molecule has 0 atom stereocenters. The topological polar surface area (TPSA) is 43.1 Å². The zero-order valence-electron chi connectivity index (χ0n) is 10.4. The highest BCUT2D eigenvalue weighted by Crippen LogP contribution is 2.20. The van der Waals surface area contributed by atoms with Gasteiger partial charge in [0.1, 0.15) is 5.82 Å². The van der Waals surface area contributed by atoms with Gasteiger partial charge in [0.25, 0.3) is 0 Å². The molecule has 2 aromatic rings. The molecule has 0 unspecified atom stereocenters. The minimum Gasteiger partial charge on any atom is -0.398 e. The van der Waals surface area contributed by atoms with Crippen LogP contribution in [0, 0.1) is 12.7 Å². The quantitative estimate of drug-likeness (QED) is 0.685. The molecule has 0 heterocycles. The average Bonchev–Trinajstić information content (AvgIpc) is 2.36. The predicted octanol–water partition coefficient (Wildman–Crippen LogP) is 3.80. The Labute approximate surface area is 116 Å². The Bertz CT molecular complexity index is 640. The second kappa shape index (κ2) is 5.41. The maximum Gasteiger partial charge on any atom is 0.167 e. The lowest BCUT2D eigenvalue weighted by Gasteiger charge is -2.08. The Morgan fingerprint density at radius 1 is 1.32 bits per heavy atom. The van der Waals surface area contributed by atoms with Crippen molar-refractivity contribution in [3.63, 3.8) is 0 Å². The Morgan fingerprint density at radius 2 is 2.05 bits per heavy atom. The lowest BCUT2D eigenvalue weighted by molar-refractivity contribution is 0.0991. The number of carbonyl (C=O) groups excluding carboxylic acids is 1. The van der Waals surface area contributed by atoms with Gasteiger partial charge >= 0.3 is 0 Å². The Kier molecular flexibility index (Phi) is 3.86. The van der Waals surface area contributed by atoms with Crippen LogP contribution in [0.4, 0.5) is 10.1 Å². The first-order valence-electron chi connectivity index (χ1n) is 5.81. The fourth-order valence-electron chi connectivity index (χ4n) is 1.89. The van der Waals surface area contributed by atoms with Crippen LogP contribution in [-0.4, -0.2) is 5.78 Å². The first-order valence-corrected chi connectivity index (χ1v) is 6.19. The number of carbonyl (C=O) groups is 1. The molecule has 0 aromatic heterocycles. The predicted molar refractivity (Wildman–Crippen MR) is 75.0 cm³/mol. The van der Waals surface area contributed by atoms with Gasteiger partial charge in [-0.1, -0.05) is 29.8 Å². The average molecular weight is 278 g/mol. The molecular weight excluding hydrogens is 265 g/mol. The van der Waals surface area contributed by atoms with E-state index >= 15 is 0 Å². The molecule has 2 N–H and O–H groups in total. The van der Waals surface area contributed by atoms with Crippen molar-refractivity contribution in [3.8, 4) is 0 Å². The summed E-state index contributed by atoms with van der Waals surface area (Å²) in [4.78, 5) is 12.2. The number of nitrogens with two attached hydrogens (primary N) is 1. The van der Waals surface area contributed by atoms with Crippen LogP contribution in [0.2, 0.25) is 5.02 Å². The third-order valence-corrected chi connectivity index (χ3v) is 3.28. The van der Waals surface area contributed by atoms with Crippen LogP contribution in [0.5, 0.6) is 0 Å². The number of anilines is 1. The molecule has 0 radical (unpaired) electrons. The number of benzene rings is 2. The van der Waals surface area contributed by atoms with Crippen LogP contribution >= 0.6 is 11.6 Å². The van der Waals surface area contributed by atoms with E-state index in [4.69, 9.17) is 17.3 Å². The standard InChI is InChI=1S/C15H13ClFNO/c1-9-12(3-2-4-14(9)18)15(19)7-10-5-6-11(16)8-13(10)17/h2-6,8H,7,18H2,1H3. The Hall–Kier alpha value is -1.87. The van der Waals surface area contributed by atoms with E-state index in [-0.39, 0.29) is 12.2 Å². The van der Waals surface area contributed by atoms with Crippen molar-refractivity contribution in [2.45, 2.75) is 13.3 Å². The summed E-state index contributed by atoms with van der Waals surface area (Å²) in [5, 5.41) is 0.314. The van der Waals surface area contributed by atoms with E-state index in [2.05, 4.69) is 0 Å². The van der Waals surface area contributed by atoms with E-state index in [1.165, 1.54) is 12.1 Å². The van der Waals surface area contributed by atoms with Crippen molar-refractivity contribution in [3.05, 3.63) is 63.9 Å². The Morgan fingerprint density at radius 3 is 2.74 bits per heavy atom. The van der Waals surface area contributed by atoms with E-state index in [0.717, 1.165) is 5.56 Å². The van der Waals surface area contributed by atoms with Crippen molar-refractivity contribution in [2.24, 2.45) is 0 Å². The molecule has 0 fully saturated rings. The van der Waals surface area contributed by atoms with E-state index < -0.39 is 5.82 Å². The van der Waals surface area contributed by atoms with Crippen LogP contribution < -0.4 is 5.73 Å². The Balaban J connectivity index is 2.28. The third kappa shape index (κ3) is 2.93. The fourth-order valence-corrected chi connectivity index (χ4v) is 2.05. The number of nitrogen functional groups attached to an aromatic ring is 1. The van der Waals surface area contributed by atoms with Crippen molar-refractivity contribution < 1.29 is 9.18 Å². The summed E-state index contributed by atoms with van der Waals surface area (Å²) in [5.74, 6) is -0.631. The second-order valence-electron chi connectivity index (χ2n) is 4.36. The molecule has 2 rings (SSSR count). The lowest BCUT2D eigenvalue weighted by Crippen LogP contribution is -2.08. The zero-order chi connectivity index (χ0) is 14.0. The fraction of sp³-hybridized carbons (Fsp3) is 0.133. The molecule has 0 amide bonds. The SMILES string of the molecule is Cc1c(N)cccc1C(=O)Cc1ccc(Cl)cc1F. The first kappa shape index (κ1) is 13.6. The number of ketones is 1. The molecule has 0 bridgehead atoms. The summed E-state index contributed by atoms with van der Waals surface area (Å²) in [5.41, 5.74) is 7.89. The summed E-state index contributed by atoms with van der Waals surface area (Å²) < 4.78 is 13.6. The lowest BCUT2D eigenvalue weighted by atomic mass is 9.98. The molecular formula is C15H13ClFNO. The molecule has 4 heteroatoms. The molecule has 0 saturated heterocycles. The first-order chi connectivity index (χ1) is 8.99. The van der Waals surface area contributed by atoms with Gasteiger partial charge in [-0.25, -0.2) is 4.39 Å². The van der Waals surface area contributed by atoms with Gasteiger partial charge in [-0.2, -0.15) is 0 Å². The molecule has 19 heavy (non-hydrogen) atoms. The van der Waals surface area contributed by atoms with Gasteiger partial charge in [0.2, 0.25) is 0 Å². The van der Waals surface area contributed by atoms with Crippen LogP contribution in [0.15, 0.2) is 36.4 Å². The van der Waals surface area contributed by atoms with Crippen molar-refractivity contribution in [2.75, 3.05) is 5.73 Å². The molecule has 98 valence electrons. The summed E-state index contributed by atoms with van der Waals surface area (Å²) in [6.07, 6.45) is -0.00665. The summed E-state index contributed by atoms with van der Waals surface area (Å²) >= 11 is 5.68. The molecule has 2 aromatic carbocycles. The molecule has 0 saturated carbocycles. The maximum atomic E-state index is 13.6. The zero-order valence-corrected chi connectivity index (χ0v) is 11.2. The van der Waals surface area contributed by atoms with E-state index in [1.807, 2.05) is 0 Å². The summed E-state index contributed by atoms with van der Waals surface area (Å²) in [6, 6.07) is 9.44. The minimum absolute atomic E-state index is 0.00665. The van der Waals surface area contributed by atoms with Gasteiger partial charge < -0.3 is 5.73 Å². The van der Waals surface area contributed by atoms with Gasteiger partial charge in [0.05, 0.1) is 0 Å². The summed E-state index contributed by atoms with van der Waals surface area (Å²) in [6.45, 7) is 1.78. The second-order valence-corrected chi connectivity index (χ2v) is 4.79. The molecule has 0 spiro atoms. The molecule has 0 aliphatic carbocycles. The van der Waals surface area contributed by atoms with Gasteiger partial charge in [-0.3, -0.25) is 4.79 Å². The van der Waals surface area contributed by atoms with E-state index in [1.54, 1.807) is 31.2 Å².